The predicted octanol–water partition coefficient (Wildman–Crippen LogP) is 3.92. The molecule has 2 aromatic carbocycles. The molecule has 0 radical (unpaired) electrons. The average molecular weight is 392 g/mol. The van der Waals surface area contributed by atoms with E-state index in [1.54, 1.807) is 26.8 Å². The van der Waals surface area contributed by atoms with Crippen LogP contribution in [-0.2, 0) is 19.4 Å². The first-order chi connectivity index (χ1) is 12.4. The van der Waals surface area contributed by atoms with E-state index in [0.717, 1.165) is 24.5 Å². The highest BCUT2D eigenvalue weighted by Gasteiger charge is 2.43. The van der Waals surface area contributed by atoms with Crippen molar-refractivity contribution >= 4 is 27.0 Å². The Morgan fingerprint density at radius 2 is 1.56 bits per heavy atom. The topological polar surface area (TPSA) is 60.4 Å². The molecule has 0 atom stereocenters. The Morgan fingerprint density at radius 1 is 0.963 bits per heavy atom. The van der Waals surface area contributed by atoms with Crippen molar-refractivity contribution in [2.24, 2.45) is 0 Å². The monoisotopic (exact) mass is 392 g/mol. The van der Waals surface area contributed by atoms with Crippen molar-refractivity contribution in [3.63, 3.8) is 0 Å². The molecule has 1 heterocycles. The molecule has 4 nitrogen and oxygen atoms in total. The van der Waals surface area contributed by atoms with Crippen LogP contribution in [-0.4, -0.2) is 26.1 Å². The molecule has 3 rings (SSSR count). The normalized spacial score (nSPS) is 16.6. The van der Waals surface area contributed by atoms with Gasteiger partial charge in [-0.15, -0.1) is 0 Å². The maximum atomic E-state index is 13.7. The third-order valence-corrected chi connectivity index (χ3v) is 5.60. The summed E-state index contributed by atoms with van der Waals surface area (Å²) in [5.41, 5.74) is -0.143. The lowest BCUT2D eigenvalue weighted by Crippen LogP contribution is -2.29. The van der Waals surface area contributed by atoms with E-state index >= 15 is 0 Å². The lowest BCUT2D eigenvalue weighted by molar-refractivity contribution is -0.125. The van der Waals surface area contributed by atoms with E-state index in [-0.39, 0.29) is 21.8 Å². The highest BCUT2D eigenvalue weighted by atomic mass is 32.2. The van der Waals surface area contributed by atoms with Crippen LogP contribution in [0.25, 0.3) is 11.3 Å². The number of carbonyl (C=O) groups is 1. The molecule has 0 fully saturated rings. The third kappa shape index (κ3) is 3.51. The molecule has 0 unspecified atom stereocenters. The van der Waals surface area contributed by atoms with Crippen molar-refractivity contribution < 1.29 is 26.7 Å². The SMILES string of the molecule is Cc1cc(C2=C(c3cc(F)cc(F)c3)C(=O)C(C)(C)O2)ccc1S(C)(=O)=O. The summed E-state index contributed by atoms with van der Waals surface area (Å²) in [6.07, 6.45) is 1.11. The van der Waals surface area contributed by atoms with Gasteiger partial charge in [0.15, 0.2) is 15.4 Å². The second kappa shape index (κ2) is 6.27. The molecule has 0 amide bonds. The predicted molar refractivity (Wildman–Crippen MR) is 97.6 cm³/mol. The molecular weight excluding hydrogens is 374 g/mol. The zero-order chi connectivity index (χ0) is 20.1. The number of aryl methyl sites for hydroxylation is 1. The van der Waals surface area contributed by atoms with Gasteiger partial charge in [0.2, 0.25) is 5.78 Å². The molecule has 0 bridgehead atoms. The van der Waals surface area contributed by atoms with Gasteiger partial charge in [-0.2, -0.15) is 0 Å². The smallest absolute Gasteiger partial charge is 0.210 e. The molecule has 2 aromatic rings. The van der Waals surface area contributed by atoms with Gasteiger partial charge in [-0.05, 0) is 62.2 Å². The number of Topliss-reactive ketones (excluding diaryl/α,β-unsaturated/α-hetero) is 1. The van der Waals surface area contributed by atoms with Gasteiger partial charge in [0.05, 0.1) is 10.5 Å². The number of sulfone groups is 1. The lowest BCUT2D eigenvalue weighted by atomic mass is 9.92. The average Bonchev–Trinajstić information content (AvgIpc) is 2.75. The minimum Gasteiger partial charge on any atom is -0.478 e. The summed E-state index contributed by atoms with van der Waals surface area (Å²) in [6.45, 7) is 4.76. The lowest BCUT2D eigenvalue weighted by Gasteiger charge is -2.18. The number of ether oxygens (including phenoxy) is 1. The molecule has 0 saturated heterocycles. The Balaban J connectivity index is 2.25. The van der Waals surface area contributed by atoms with Crippen molar-refractivity contribution in [1.82, 2.24) is 0 Å². The fourth-order valence-corrected chi connectivity index (χ4v) is 4.09. The summed E-state index contributed by atoms with van der Waals surface area (Å²) in [4.78, 5) is 13.0. The Morgan fingerprint density at radius 3 is 2.07 bits per heavy atom. The molecule has 1 aliphatic rings. The molecule has 27 heavy (non-hydrogen) atoms. The highest BCUT2D eigenvalue weighted by molar-refractivity contribution is 7.90. The summed E-state index contributed by atoms with van der Waals surface area (Å²) in [7, 11) is -3.41. The van der Waals surface area contributed by atoms with Gasteiger partial charge in [0.25, 0.3) is 0 Å². The van der Waals surface area contributed by atoms with E-state index in [4.69, 9.17) is 4.74 Å². The van der Waals surface area contributed by atoms with Gasteiger partial charge in [-0.1, -0.05) is 0 Å². The molecule has 142 valence electrons. The van der Waals surface area contributed by atoms with Crippen LogP contribution in [0.15, 0.2) is 41.3 Å². The largest absolute Gasteiger partial charge is 0.478 e. The van der Waals surface area contributed by atoms with Crippen LogP contribution in [0.4, 0.5) is 8.78 Å². The van der Waals surface area contributed by atoms with Crippen molar-refractivity contribution in [2.75, 3.05) is 6.26 Å². The summed E-state index contributed by atoms with van der Waals surface area (Å²) in [5.74, 6) is -1.86. The van der Waals surface area contributed by atoms with Crippen LogP contribution in [0.5, 0.6) is 0 Å². The first-order valence-corrected chi connectivity index (χ1v) is 10.0. The maximum absolute atomic E-state index is 13.7. The molecule has 7 heteroatoms. The second-order valence-electron chi connectivity index (χ2n) is 7.06. The third-order valence-electron chi connectivity index (χ3n) is 4.35. The quantitative estimate of drug-likeness (QED) is 0.794. The number of rotatable bonds is 3. The number of benzene rings is 2. The van der Waals surface area contributed by atoms with E-state index in [0.29, 0.717) is 11.1 Å². The van der Waals surface area contributed by atoms with Crippen molar-refractivity contribution in [3.8, 4) is 0 Å². The van der Waals surface area contributed by atoms with Gasteiger partial charge >= 0.3 is 0 Å². The molecule has 1 aliphatic heterocycles. The molecule has 0 aliphatic carbocycles. The van der Waals surface area contributed by atoms with E-state index in [1.165, 1.54) is 12.1 Å². The number of halogens is 2. The van der Waals surface area contributed by atoms with Crippen LogP contribution < -0.4 is 0 Å². The van der Waals surface area contributed by atoms with E-state index in [1.807, 2.05) is 0 Å². The minimum atomic E-state index is -3.41. The molecule has 0 spiro atoms. The van der Waals surface area contributed by atoms with Crippen LogP contribution >= 0.6 is 0 Å². The van der Waals surface area contributed by atoms with Gasteiger partial charge in [0.1, 0.15) is 17.4 Å². The number of hydrogen-bond acceptors (Lipinski definition) is 4. The van der Waals surface area contributed by atoms with Crippen molar-refractivity contribution in [2.45, 2.75) is 31.3 Å². The van der Waals surface area contributed by atoms with E-state index < -0.39 is 32.9 Å². The van der Waals surface area contributed by atoms with Crippen molar-refractivity contribution in [1.29, 1.82) is 0 Å². The maximum Gasteiger partial charge on any atom is 0.210 e. The minimum absolute atomic E-state index is 0.0601. The van der Waals surface area contributed by atoms with Gasteiger partial charge in [0, 0.05) is 17.9 Å². The Labute approximate surface area is 156 Å². The van der Waals surface area contributed by atoms with E-state index in [9.17, 15) is 22.0 Å². The van der Waals surface area contributed by atoms with E-state index in [2.05, 4.69) is 0 Å². The number of carbonyl (C=O) groups excluding carboxylic acids is 1. The zero-order valence-electron chi connectivity index (χ0n) is 15.3. The Bertz CT molecular complexity index is 1080. The number of hydrogen-bond donors (Lipinski definition) is 0. The Kier molecular flexibility index (Phi) is 4.46. The molecule has 0 saturated carbocycles. The molecule has 0 aromatic heterocycles. The Hall–Kier alpha value is -2.54. The molecular formula is C20H18F2O4S. The van der Waals surface area contributed by atoms with Crippen LogP contribution in [0, 0.1) is 18.6 Å². The number of ketones is 1. The first kappa shape index (κ1) is 19.2. The fourth-order valence-electron chi connectivity index (χ4n) is 3.13. The van der Waals surface area contributed by atoms with Gasteiger partial charge in [-0.3, -0.25) is 4.79 Å². The summed E-state index contributed by atoms with van der Waals surface area (Å²) in [5, 5.41) is 0. The van der Waals surface area contributed by atoms with Crippen LogP contribution in [0.1, 0.15) is 30.5 Å². The van der Waals surface area contributed by atoms with Crippen molar-refractivity contribution in [3.05, 3.63) is 64.7 Å². The second-order valence-corrected chi connectivity index (χ2v) is 9.04. The zero-order valence-corrected chi connectivity index (χ0v) is 16.1. The summed E-state index contributed by atoms with van der Waals surface area (Å²) in [6, 6.07) is 7.38. The fraction of sp³-hybridized carbons (Fsp3) is 0.250. The molecule has 0 N–H and O–H groups in total. The standard InChI is InChI=1S/C20H18F2O4S/c1-11-7-12(5-6-16(11)27(4,24)25)18-17(19(23)20(2,3)26-18)13-8-14(21)10-15(22)9-13/h5-10H,1-4H3. The van der Waals surface area contributed by atoms with Crippen LogP contribution in [0.3, 0.4) is 0 Å². The van der Waals surface area contributed by atoms with Crippen LogP contribution in [0.2, 0.25) is 0 Å². The van der Waals surface area contributed by atoms with Gasteiger partial charge in [-0.25, -0.2) is 17.2 Å². The first-order valence-electron chi connectivity index (χ1n) is 8.16. The summed E-state index contributed by atoms with van der Waals surface area (Å²) >= 11 is 0. The van der Waals surface area contributed by atoms with Gasteiger partial charge < -0.3 is 4.74 Å². The summed E-state index contributed by atoms with van der Waals surface area (Å²) < 4.78 is 56.8. The highest BCUT2D eigenvalue weighted by Crippen LogP contribution is 2.42.